The predicted octanol–water partition coefficient (Wildman–Crippen LogP) is -6.16. The fraction of sp³-hybridized carbons (Fsp3) is 0. The van der Waals surface area contributed by atoms with Crippen LogP contribution in [0.2, 0.25) is 0 Å². The first-order valence-corrected chi connectivity index (χ1v) is 1.41. The summed E-state index contributed by atoms with van der Waals surface area (Å²) in [6.07, 6.45) is -2.08. The van der Waals surface area contributed by atoms with E-state index in [-0.39, 0.29) is 29.6 Å². The molecule has 0 aliphatic carbocycles. The second kappa shape index (κ2) is 11.1. The maximum absolute atomic E-state index is 8.44. The van der Waals surface area contributed by atoms with Crippen LogP contribution in [-0.2, 0) is 0 Å². The molecule has 0 aliphatic heterocycles. The molecule has 0 unspecified atom stereocenters. The summed E-state index contributed by atoms with van der Waals surface area (Å²) < 4.78 is 0. The van der Waals surface area contributed by atoms with Gasteiger partial charge in [-0.05, 0) is 0 Å². The van der Waals surface area contributed by atoms with E-state index in [9.17, 15) is 0 Å². The minimum Gasteiger partial charge on any atom is -0.565 e. The van der Waals surface area contributed by atoms with E-state index in [0.717, 1.165) is 0 Å². The summed E-state index contributed by atoms with van der Waals surface area (Å²) in [7, 11) is -2.17. The van der Waals surface area contributed by atoms with Crippen LogP contribution in [0, 0.1) is 0 Å². The monoisotopic (exact) mass is 146 g/mol. The minimum atomic E-state index is -2.17. The molecule has 0 aromatic heterocycles. The topological polar surface area (TPSA) is 121 Å². The first-order chi connectivity index (χ1) is 3.46. The van der Waals surface area contributed by atoms with Crippen LogP contribution in [0.5, 0.6) is 0 Å². The SMILES string of the molecule is O=C([O-])O.OB(O)O.[Na+]. The molecule has 8 heteroatoms. The van der Waals surface area contributed by atoms with Gasteiger partial charge in [-0.2, -0.15) is 0 Å². The van der Waals surface area contributed by atoms with Crippen molar-refractivity contribution in [2.24, 2.45) is 0 Å². The normalized spacial score (nSPS) is 5.67. The molecule has 0 atom stereocenters. The van der Waals surface area contributed by atoms with Crippen LogP contribution in [0.15, 0.2) is 0 Å². The summed E-state index contributed by atoms with van der Waals surface area (Å²) in [6, 6.07) is 0. The fourth-order valence-corrected chi connectivity index (χ4v) is 0. The van der Waals surface area contributed by atoms with Gasteiger partial charge in [0, 0.05) is 0 Å². The van der Waals surface area contributed by atoms with Crippen molar-refractivity contribution in [1.29, 1.82) is 0 Å². The van der Waals surface area contributed by atoms with E-state index < -0.39 is 13.5 Å². The summed E-state index contributed by atoms with van der Waals surface area (Å²) in [4.78, 5) is 8.44. The van der Waals surface area contributed by atoms with Gasteiger partial charge in [0.25, 0.3) is 0 Å². The molecule has 48 valence electrons. The van der Waals surface area contributed by atoms with Crippen molar-refractivity contribution in [1.82, 2.24) is 0 Å². The average molecular weight is 146 g/mol. The van der Waals surface area contributed by atoms with Gasteiger partial charge in [0.05, 0.1) is 0 Å². The van der Waals surface area contributed by atoms with E-state index in [1.807, 2.05) is 0 Å². The van der Waals surface area contributed by atoms with E-state index in [1.54, 1.807) is 0 Å². The van der Waals surface area contributed by atoms with Crippen LogP contribution >= 0.6 is 0 Å². The Balaban J connectivity index is -0.0000000720. The third-order valence-corrected chi connectivity index (χ3v) is 0. The maximum Gasteiger partial charge on any atom is 1.00 e. The van der Waals surface area contributed by atoms with Gasteiger partial charge < -0.3 is 30.1 Å². The van der Waals surface area contributed by atoms with Gasteiger partial charge in [-0.3, -0.25) is 0 Å². The summed E-state index contributed by atoms with van der Waals surface area (Å²) >= 11 is 0. The number of carbonyl (C=O) groups is 1. The van der Waals surface area contributed by atoms with Crippen LogP contribution < -0.4 is 34.7 Å². The summed E-state index contributed by atoms with van der Waals surface area (Å²) in [5.41, 5.74) is 0. The Morgan fingerprint density at radius 1 is 1.33 bits per heavy atom. The Kier molecular flexibility index (Phi) is 19.8. The molecule has 4 N–H and O–H groups in total. The van der Waals surface area contributed by atoms with Gasteiger partial charge >= 0.3 is 36.9 Å². The van der Waals surface area contributed by atoms with Crippen LogP contribution in [0.25, 0.3) is 0 Å². The molecule has 0 aromatic carbocycles. The molecule has 0 saturated carbocycles. The first kappa shape index (κ1) is 16.1. The zero-order chi connectivity index (χ0) is 7.15. The van der Waals surface area contributed by atoms with Gasteiger partial charge in [-0.15, -0.1) is 0 Å². The molecule has 0 bridgehead atoms. The van der Waals surface area contributed by atoms with Gasteiger partial charge in [0.2, 0.25) is 6.16 Å². The zero-order valence-corrected chi connectivity index (χ0v) is 6.68. The summed E-state index contributed by atoms with van der Waals surface area (Å²) in [6.45, 7) is 0. The maximum atomic E-state index is 8.44. The second-order valence-corrected chi connectivity index (χ2v) is 0.612. The Morgan fingerprint density at radius 3 is 1.33 bits per heavy atom. The Bertz CT molecular complexity index is 57.3. The zero-order valence-electron chi connectivity index (χ0n) is 4.68. The van der Waals surface area contributed by atoms with Crippen LogP contribution in [0.4, 0.5) is 4.79 Å². The van der Waals surface area contributed by atoms with Crippen molar-refractivity contribution in [3.8, 4) is 0 Å². The first-order valence-electron chi connectivity index (χ1n) is 1.41. The molecule has 0 fully saturated rings. The molecule has 0 radical (unpaired) electrons. The fourth-order valence-electron chi connectivity index (χ4n) is 0. The predicted molar refractivity (Wildman–Crippen MR) is 20.4 cm³/mol. The van der Waals surface area contributed by atoms with Crippen molar-refractivity contribution in [2.75, 3.05) is 0 Å². The van der Waals surface area contributed by atoms with Crippen molar-refractivity contribution in [3.63, 3.8) is 0 Å². The Hall–Kier alpha value is 0.215. The molecule has 9 heavy (non-hydrogen) atoms. The Labute approximate surface area is 73.2 Å². The molecular weight excluding hydrogens is 142 g/mol. The van der Waals surface area contributed by atoms with Gasteiger partial charge in [-0.25, -0.2) is 0 Å². The van der Waals surface area contributed by atoms with Crippen LogP contribution in [-0.4, -0.2) is 33.7 Å². The van der Waals surface area contributed by atoms with Gasteiger partial charge in [-0.1, -0.05) is 0 Å². The van der Waals surface area contributed by atoms with E-state index in [1.165, 1.54) is 0 Å². The summed E-state index contributed by atoms with van der Waals surface area (Å²) in [5.74, 6) is 0. The smallest absolute Gasteiger partial charge is 0.565 e. The molecule has 6 nitrogen and oxygen atoms in total. The number of hydrogen-bond acceptors (Lipinski definition) is 5. The quantitative estimate of drug-likeness (QED) is 0.252. The molecule has 0 saturated heterocycles. The van der Waals surface area contributed by atoms with Crippen molar-refractivity contribution >= 4 is 13.5 Å². The molecule has 0 amide bonds. The van der Waals surface area contributed by atoms with Crippen LogP contribution in [0.3, 0.4) is 0 Å². The van der Waals surface area contributed by atoms with E-state index in [4.69, 9.17) is 30.1 Å². The third-order valence-electron chi connectivity index (χ3n) is 0. The average Bonchev–Trinajstić information content (AvgIpc) is 1.25. The second-order valence-electron chi connectivity index (χ2n) is 0.612. The summed E-state index contributed by atoms with van der Waals surface area (Å²) in [5, 5.41) is 36.8. The molecule has 0 aromatic rings. The number of carboxylic acid groups (broad SMARTS) is 2. The largest absolute Gasteiger partial charge is 1.00 e. The molecule has 0 heterocycles. The van der Waals surface area contributed by atoms with E-state index in [0.29, 0.717) is 0 Å². The van der Waals surface area contributed by atoms with Gasteiger partial charge in [0.15, 0.2) is 0 Å². The minimum absolute atomic E-state index is 0. The molecule has 0 rings (SSSR count). The molecular formula is CH4BNaO6. The number of rotatable bonds is 0. The molecule has 0 aliphatic rings. The van der Waals surface area contributed by atoms with Gasteiger partial charge in [0.1, 0.15) is 0 Å². The van der Waals surface area contributed by atoms with E-state index >= 15 is 0 Å². The standard InChI is InChI=1S/CH2O3.BH3O3.Na/c2*2-1(3)4;/h(H2,2,3,4);2-4H;/q;;+1/p-1. The van der Waals surface area contributed by atoms with Crippen molar-refractivity contribution in [2.45, 2.75) is 0 Å². The van der Waals surface area contributed by atoms with Crippen LogP contribution in [0.1, 0.15) is 0 Å². The van der Waals surface area contributed by atoms with E-state index in [2.05, 4.69) is 0 Å². The molecule has 0 spiro atoms. The van der Waals surface area contributed by atoms with Crippen molar-refractivity contribution in [3.05, 3.63) is 0 Å². The van der Waals surface area contributed by atoms with Crippen molar-refractivity contribution < 1.29 is 59.6 Å². The third kappa shape index (κ3) is 6870. The Morgan fingerprint density at radius 2 is 1.33 bits per heavy atom. The number of hydrogen-bond donors (Lipinski definition) is 4.